The molecule has 0 aliphatic rings. The van der Waals surface area contributed by atoms with Crippen molar-refractivity contribution < 1.29 is 13.9 Å². The van der Waals surface area contributed by atoms with E-state index < -0.39 is 5.82 Å². The molecule has 138 valence electrons. The summed E-state index contributed by atoms with van der Waals surface area (Å²) in [5, 5.41) is 0.778. The Morgan fingerprint density at radius 2 is 1.89 bits per heavy atom. The molecule has 0 fully saturated rings. The molecule has 5 nitrogen and oxygen atoms in total. The van der Waals surface area contributed by atoms with Crippen molar-refractivity contribution in [2.45, 2.75) is 20.3 Å². The second-order valence-electron chi connectivity index (χ2n) is 6.18. The van der Waals surface area contributed by atoms with Crippen molar-refractivity contribution in [2.75, 3.05) is 14.2 Å². The van der Waals surface area contributed by atoms with E-state index >= 15 is 0 Å². The topological polar surface area (TPSA) is 57.1 Å². The molecule has 0 N–H and O–H groups in total. The highest BCUT2D eigenvalue weighted by molar-refractivity contribution is 7.22. The maximum atomic E-state index is 14.4. The van der Waals surface area contributed by atoms with E-state index in [0.717, 1.165) is 37.4 Å². The van der Waals surface area contributed by atoms with Crippen LogP contribution in [0, 0.1) is 12.7 Å². The molecule has 4 rings (SSSR count). The zero-order valence-corrected chi connectivity index (χ0v) is 16.3. The van der Waals surface area contributed by atoms with Gasteiger partial charge in [0.05, 0.1) is 41.7 Å². The maximum absolute atomic E-state index is 14.4. The van der Waals surface area contributed by atoms with E-state index in [4.69, 9.17) is 9.47 Å². The smallest absolute Gasteiger partial charge is 0.232 e. The van der Waals surface area contributed by atoms with E-state index in [2.05, 4.69) is 15.0 Å². The highest BCUT2D eigenvalue weighted by Gasteiger charge is 2.19. The SMILES string of the molecule is CCc1c(OC)c(F)cc2nc(-c3cc(C)cc4nc(OC)cnc34)sc12. The van der Waals surface area contributed by atoms with Crippen LogP contribution < -0.4 is 9.47 Å². The number of halogens is 1. The first kappa shape index (κ1) is 17.6. The molecule has 27 heavy (non-hydrogen) atoms. The number of rotatable bonds is 4. The first-order valence-corrected chi connectivity index (χ1v) is 9.35. The van der Waals surface area contributed by atoms with E-state index in [9.17, 15) is 4.39 Å². The number of aryl methyl sites for hydroxylation is 2. The fourth-order valence-corrected chi connectivity index (χ4v) is 4.42. The Kier molecular flexibility index (Phi) is 4.39. The Balaban J connectivity index is 2.00. The van der Waals surface area contributed by atoms with Gasteiger partial charge in [0.1, 0.15) is 5.01 Å². The second kappa shape index (κ2) is 6.74. The van der Waals surface area contributed by atoms with Crippen LogP contribution in [0.4, 0.5) is 4.39 Å². The van der Waals surface area contributed by atoms with E-state index in [1.807, 2.05) is 26.0 Å². The van der Waals surface area contributed by atoms with Crippen LogP contribution in [0.15, 0.2) is 24.4 Å². The second-order valence-corrected chi connectivity index (χ2v) is 7.18. The molecular formula is C20H18FN3O2S. The van der Waals surface area contributed by atoms with Crippen LogP contribution in [-0.2, 0) is 6.42 Å². The van der Waals surface area contributed by atoms with E-state index in [0.29, 0.717) is 23.6 Å². The third-order valence-electron chi connectivity index (χ3n) is 4.45. The summed E-state index contributed by atoms with van der Waals surface area (Å²) in [7, 11) is 3.05. The van der Waals surface area contributed by atoms with Crippen LogP contribution in [-0.4, -0.2) is 29.2 Å². The van der Waals surface area contributed by atoms with E-state index in [-0.39, 0.29) is 0 Å². The number of hydrogen-bond acceptors (Lipinski definition) is 6. The molecule has 4 aromatic rings. The fourth-order valence-electron chi connectivity index (χ4n) is 3.25. The molecule has 0 atom stereocenters. The van der Waals surface area contributed by atoms with Gasteiger partial charge in [0, 0.05) is 17.2 Å². The molecule has 0 amide bonds. The molecule has 2 aromatic carbocycles. The summed E-state index contributed by atoms with van der Waals surface area (Å²) in [6.07, 6.45) is 2.25. The van der Waals surface area contributed by atoms with Crippen LogP contribution in [0.25, 0.3) is 31.8 Å². The third-order valence-corrected chi connectivity index (χ3v) is 5.61. The van der Waals surface area contributed by atoms with Crippen LogP contribution in [0.5, 0.6) is 11.6 Å². The summed E-state index contributed by atoms with van der Waals surface area (Å²) in [6, 6.07) is 5.42. The Morgan fingerprint density at radius 3 is 2.59 bits per heavy atom. The predicted molar refractivity (Wildman–Crippen MR) is 105 cm³/mol. The van der Waals surface area contributed by atoms with Gasteiger partial charge in [0.2, 0.25) is 5.88 Å². The summed E-state index contributed by atoms with van der Waals surface area (Å²) >= 11 is 1.52. The summed E-state index contributed by atoms with van der Waals surface area (Å²) < 4.78 is 25.8. The maximum Gasteiger partial charge on any atom is 0.232 e. The van der Waals surface area contributed by atoms with Crippen molar-refractivity contribution in [3.05, 3.63) is 41.3 Å². The standard InChI is InChI=1S/C20H18FN3O2S/c1-5-11-18(26-4)13(21)8-15-19(11)27-20(24-15)12-6-10(2)7-14-17(12)22-9-16(23-14)25-3/h6-9H,5H2,1-4H3. The monoisotopic (exact) mass is 383 g/mol. The number of hydrogen-bond donors (Lipinski definition) is 0. The summed E-state index contributed by atoms with van der Waals surface area (Å²) in [6.45, 7) is 3.98. The number of fused-ring (bicyclic) bond motifs is 2. The molecule has 0 unspecified atom stereocenters. The van der Waals surface area contributed by atoms with Gasteiger partial charge in [-0.1, -0.05) is 6.92 Å². The average molecular weight is 383 g/mol. The van der Waals surface area contributed by atoms with Crippen LogP contribution in [0.3, 0.4) is 0 Å². The lowest BCUT2D eigenvalue weighted by Crippen LogP contribution is -1.94. The predicted octanol–water partition coefficient (Wildman–Crippen LogP) is 4.93. The molecule has 0 saturated heterocycles. The van der Waals surface area contributed by atoms with Gasteiger partial charge < -0.3 is 9.47 Å². The van der Waals surface area contributed by atoms with Gasteiger partial charge in [-0.3, -0.25) is 0 Å². The minimum atomic E-state index is -0.391. The van der Waals surface area contributed by atoms with Gasteiger partial charge in [-0.2, -0.15) is 0 Å². The molecule has 2 heterocycles. The van der Waals surface area contributed by atoms with Crippen molar-refractivity contribution in [3.63, 3.8) is 0 Å². The van der Waals surface area contributed by atoms with Gasteiger partial charge in [-0.15, -0.1) is 11.3 Å². The molecule has 0 spiro atoms. The molecule has 0 radical (unpaired) electrons. The Bertz CT molecular complexity index is 1170. The van der Waals surface area contributed by atoms with Crippen molar-refractivity contribution in [1.82, 2.24) is 15.0 Å². The summed E-state index contributed by atoms with van der Waals surface area (Å²) in [5.74, 6) is 0.361. The number of methoxy groups -OCH3 is 2. The molecule has 2 aromatic heterocycles. The average Bonchev–Trinajstić information content (AvgIpc) is 3.08. The Hall–Kier alpha value is -2.80. The van der Waals surface area contributed by atoms with Crippen molar-refractivity contribution in [1.29, 1.82) is 0 Å². The van der Waals surface area contributed by atoms with Crippen molar-refractivity contribution >= 4 is 32.6 Å². The van der Waals surface area contributed by atoms with Gasteiger partial charge in [0.25, 0.3) is 0 Å². The molecular weight excluding hydrogens is 365 g/mol. The van der Waals surface area contributed by atoms with Crippen LogP contribution in [0.2, 0.25) is 0 Å². The van der Waals surface area contributed by atoms with Gasteiger partial charge in [0.15, 0.2) is 11.6 Å². The van der Waals surface area contributed by atoms with Gasteiger partial charge in [-0.05, 0) is 31.0 Å². The largest absolute Gasteiger partial charge is 0.493 e. The van der Waals surface area contributed by atoms with E-state index in [1.54, 1.807) is 13.3 Å². The lowest BCUT2D eigenvalue weighted by Gasteiger charge is -2.08. The number of aromatic nitrogens is 3. The first-order chi connectivity index (χ1) is 13.0. The lowest BCUT2D eigenvalue weighted by molar-refractivity contribution is 0.383. The van der Waals surface area contributed by atoms with Crippen LogP contribution >= 0.6 is 11.3 Å². The third kappa shape index (κ3) is 2.88. The minimum Gasteiger partial charge on any atom is -0.493 e. The number of nitrogens with zero attached hydrogens (tertiary/aromatic N) is 3. The van der Waals surface area contributed by atoms with Crippen molar-refractivity contribution in [3.8, 4) is 22.2 Å². The highest BCUT2D eigenvalue weighted by atomic mass is 32.1. The van der Waals surface area contributed by atoms with Crippen molar-refractivity contribution in [2.24, 2.45) is 0 Å². The molecule has 7 heteroatoms. The van der Waals surface area contributed by atoms with Gasteiger partial charge in [-0.25, -0.2) is 19.3 Å². The Labute approximate surface area is 159 Å². The quantitative estimate of drug-likeness (QED) is 0.500. The molecule has 0 aliphatic carbocycles. The zero-order chi connectivity index (χ0) is 19.1. The first-order valence-electron chi connectivity index (χ1n) is 8.53. The molecule has 0 bridgehead atoms. The highest BCUT2D eigenvalue weighted by Crippen LogP contribution is 2.40. The molecule has 0 saturated carbocycles. The fraction of sp³-hybridized carbons (Fsp3) is 0.250. The summed E-state index contributed by atoms with van der Waals surface area (Å²) in [5.41, 5.74) is 4.86. The number of benzene rings is 2. The minimum absolute atomic E-state index is 0.291. The van der Waals surface area contributed by atoms with Crippen LogP contribution in [0.1, 0.15) is 18.1 Å². The Morgan fingerprint density at radius 1 is 1.07 bits per heavy atom. The molecule has 0 aliphatic heterocycles. The van der Waals surface area contributed by atoms with Gasteiger partial charge >= 0.3 is 0 Å². The number of ether oxygens (including phenoxy) is 2. The normalized spacial score (nSPS) is 11.3. The lowest BCUT2D eigenvalue weighted by atomic mass is 10.1. The number of thiazole rings is 1. The van der Waals surface area contributed by atoms with E-state index in [1.165, 1.54) is 24.5 Å². The summed E-state index contributed by atoms with van der Waals surface area (Å²) in [4.78, 5) is 13.7. The zero-order valence-electron chi connectivity index (χ0n) is 15.5.